The lowest BCUT2D eigenvalue weighted by Gasteiger charge is -2.13. The number of carboxylic acids is 1. The van der Waals surface area contributed by atoms with Gasteiger partial charge in [0, 0.05) is 0 Å². The topological polar surface area (TPSA) is 125 Å². The smallest absolute Gasteiger partial charge is 0.329 e. The van der Waals surface area contributed by atoms with Crippen LogP contribution in [0, 0.1) is 11.5 Å². The summed E-state index contributed by atoms with van der Waals surface area (Å²) in [4.78, 5) is 10.9. The number of ether oxygens (including phenoxy) is 1. The first-order valence-corrected chi connectivity index (χ1v) is 6.16. The number of hydrogen-bond acceptors (Lipinski definition) is 5. The molecule has 0 fully saturated rings. The van der Waals surface area contributed by atoms with Crippen LogP contribution in [-0.2, 0) is 26.3 Å². The summed E-state index contributed by atoms with van der Waals surface area (Å²) in [6.45, 7) is -0.272. The maximum absolute atomic E-state index is 11.1. The highest BCUT2D eigenvalue weighted by molar-refractivity contribution is 7.86. The van der Waals surface area contributed by atoms with Gasteiger partial charge in [0.25, 0.3) is 16.4 Å². The predicted molar refractivity (Wildman–Crippen MR) is 58.8 cm³/mol. The molecule has 1 rings (SSSR count). The fraction of sp³-hybridized carbons (Fsp3) is 0.200. The summed E-state index contributed by atoms with van der Waals surface area (Å²) < 4.78 is 35.5. The average molecular weight is 271 g/mol. The van der Waals surface area contributed by atoms with Crippen molar-refractivity contribution in [3.63, 3.8) is 0 Å². The molecule has 1 unspecified atom stereocenters. The summed E-state index contributed by atoms with van der Waals surface area (Å²) in [6.07, 6.45) is 1.39. The van der Waals surface area contributed by atoms with Crippen LogP contribution in [0.5, 0.6) is 0 Å². The van der Waals surface area contributed by atoms with Crippen molar-refractivity contribution < 1.29 is 27.6 Å². The van der Waals surface area contributed by atoms with Crippen molar-refractivity contribution in [2.24, 2.45) is 0 Å². The minimum absolute atomic E-state index is 0.136. The van der Waals surface area contributed by atoms with Gasteiger partial charge >= 0.3 is 5.97 Å². The molecule has 0 spiro atoms. The van der Waals surface area contributed by atoms with Crippen LogP contribution in [0.25, 0.3) is 0 Å². The lowest BCUT2D eigenvalue weighted by Crippen LogP contribution is -2.22. The average Bonchev–Trinajstić information content (AvgIpc) is 2.25. The molecule has 0 aliphatic rings. The van der Waals surface area contributed by atoms with Crippen molar-refractivity contribution in [1.29, 1.82) is 5.26 Å². The van der Waals surface area contributed by atoms with E-state index in [2.05, 4.69) is 4.74 Å². The fourth-order valence-corrected chi connectivity index (χ4v) is 2.26. The third-order valence-corrected chi connectivity index (χ3v) is 3.20. The van der Waals surface area contributed by atoms with E-state index in [9.17, 15) is 13.2 Å². The summed E-state index contributed by atoms with van der Waals surface area (Å²) in [6, 6.07) is 5.60. The van der Waals surface area contributed by atoms with Gasteiger partial charge in [-0.1, -0.05) is 24.3 Å². The van der Waals surface area contributed by atoms with E-state index in [1.165, 1.54) is 30.5 Å². The van der Waals surface area contributed by atoms with E-state index >= 15 is 0 Å². The van der Waals surface area contributed by atoms with Crippen LogP contribution < -0.4 is 0 Å². The molecule has 1 aromatic rings. The van der Waals surface area contributed by atoms with E-state index in [0.29, 0.717) is 0 Å². The number of nitrogens with zero attached hydrogens (tertiary/aromatic N) is 1. The zero-order valence-corrected chi connectivity index (χ0v) is 9.79. The fourth-order valence-electron chi connectivity index (χ4n) is 1.45. The van der Waals surface area contributed by atoms with Crippen molar-refractivity contribution in [1.82, 2.24) is 0 Å². The molecule has 7 nitrogen and oxygen atoms in total. The second kappa shape index (κ2) is 5.48. The first-order valence-electron chi connectivity index (χ1n) is 4.65. The lowest BCUT2D eigenvalue weighted by molar-refractivity contribution is -0.136. The Morgan fingerprint density at radius 3 is 2.56 bits per heavy atom. The third kappa shape index (κ3) is 3.19. The van der Waals surface area contributed by atoms with E-state index in [1.807, 2.05) is 0 Å². The highest BCUT2D eigenvalue weighted by Crippen LogP contribution is 2.25. The summed E-state index contributed by atoms with van der Waals surface area (Å²) in [5.41, 5.74) is 0.0619. The predicted octanol–water partition coefficient (Wildman–Crippen LogP) is 0.698. The molecule has 0 saturated heterocycles. The molecule has 1 aromatic carbocycles. The molecule has 96 valence electrons. The van der Waals surface area contributed by atoms with Crippen LogP contribution in [0.15, 0.2) is 24.3 Å². The number of benzene rings is 1. The lowest BCUT2D eigenvalue weighted by atomic mass is 10.1. The van der Waals surface area contributed by atoms with Gasteiger partial charge in [0.05, 0.1) is 0 Å². The van der Waals surface area contributed by atoms with Gasteiger partial charge < -0.3 is 9.84 Å². The van der Waals surface area contributed by atoms with Gasteiger partial charge in [-0.3, -0.25) is 9.35 Å². The molecule has 2 N–H and O–H groups in total. The molecule has 0 heterocycles. The molecular weight excluding hydrogens is 262 g/mol. The maximum atomic E-state index is 11.1. The summed E-state index contributed by atoms with van der Waals surface area (Å²) >= 11 is 0. The van der Waals surface area contributed by atoms with Crippen molar-refractivity contribution in [3.8, 4) is 6.26 Å². The number of carbonyl (C=O) groups is 1. The van der Waals surface area contributed by atoms with Gasteiger partial charge in [0.1, 0.15) is 6.61 Å². The van der Waals surface area contributed by atoms with Gasteiger partial charge in [0.2, 0.25) is 5.25 Å². The van der Waals surface area contributed by atoms with Crippen LogP contribution in [-0.4, -0.2) is 24.0 Å². The molecule has 0 saturated carbocycles. The Bertz CT molecular complexity index is 589. The molecule has 18 heavy (non-hydrogen) atoms. The maximum Gasteiger partial charge on any atom is 0.329 e. The molecule has 0 aliphatic carbocycles. The highest BCUT2D eigenvalue weighted by atomic mass is 32.2. The molecule has 8 heteroatoms. The van der Waals surface area contributed by atoms with Gasteiger partial charge in [-0.2, -0.15) is 13.7 Å². The monoisotopic (exact) mass is 271 g/mol. The van der Waals surface area contributed by atoms with Gasteiger partial charge in [-0.05, 0) is 11.1 Å². The molecule has 0 bridgehead atoms. The van der Waals surface area contributed by atoms with Crippen molar-refractivity contribution in [3.05, 3.63) is 35.4 Å². The second-order valence-electron chi connectivity index (χ2n) is 3.31. The summed E-state index contributed by atoms with van der Waals surface area (Å²) in [5, 5.41) is 15.0. The Kier molecular flexibility index (Phi) is 4.25. The van der Waals surface area contributed by atoms with E-state index in [0.717, 1.165) is 0 Å². The van der Waals surface area contributed by atoms with E-state index in [1.54, 1.807) is 0 Å². The van der Waals surface area contributed by atoms with Crippen LogP contribution in [0.2, 0.25) is 0 Å². The van der Waals surface area contributed by atoms with Crippen molar-refractivity contribution >= 4 is 16.1 Å². The zero-order chi connectivity index (χ0) is 13.8. The number of hydrogen-bond donors (Lipinski definition) is 2. The number of rotatable bonds is 5. The standard InChI is InChI=1S/C10H9NO6S/c11-6-17-5-7-3-1-2-4-8(7)9(10(12)13)18(14,15)16/h1-4,9H,5H2,(H,12,13)(H,14,15,16). The van der Waals surface area contributed by atoms with Gasteiger partial charge in [0.15, 0.2) is 0 Å². The Balaban J connectivity index is 3.30. The number of aliphatic carboxylic acids is 1. The van der Waals surface area contributed by atoms with Crippen LogP contribution in [0.3, 0.4) is 0 Å². The minimum atomic E-state index is -4.80. The van der Waals surface area contributed by atoms with E-state index in [-0.39, 0.29) is 17.7 Å². The summed E-state index contributed by atoms with van der Waals surface area (Å²) in [7, 11) is -4.80. The molecule has 1 atom stereocenters. The first kappa shape index (κ1) is 14.0. The van der Waals surface area contributed by atoms with Gasteiger partial charge in [-0.25, -0.2) is 0 Å². The highest BCUT2D eigenvalue weighted by Gasteiger charge is 2.34. The zero-order valence-electron chi connectivity index (χ0n) is 8.98. The normalized spacial score (nSPS) is 12.4. The second-order valence-corrected chi connectivity index (χ2v) is 4.81. The minimum Gasteiger partial charge on any atom is -0.480 e. The van der Waals surface area contributed by atoms with Crippen molar-refractivity contribution in [2.75, 3.05) is 0 Å². The quantitative estimate of drug-likeness (QED) is 0.596. The largest absolute Gasteiger partial charge is 0.480 e. The number of carboxylic acid groups (broad SMARTS) is 1. The van der Waals surface area contributed by atoms with E-state index in [4.69, 9.17) is 14.9 Å². The summed E-state index contributed by atoms with van der Waals surface area (Å²) in [5.74, 6) is -1.71. The first-order chi connectivity index (χ1) is 8.38. The Morgan fingerprint density at radius 1 is 1.44 bits per heavy atom. The molecule has 0 radical (unpaired) electrons. The third-order valence-electron chi connectivity index (χ3n) is 2.15. The molecule has 0 aromatic heterocycles. The van der Waals surface area contributed by atoms with Crippen LogP contribution >= 0.6 is 0 Å². The Hall–Kier alpha value is -2.11. The van der Waals surface area contributed by atoms with Crippen molar-refractivity contribution in [2.45, 2.75) is 11.9 Å². The van der Waals surface area contributed by atoms with Crippen LogP contribution in [0.1, 0.15) is 16.4 Å². The SMILES string of the molecule is N#COCc1ccccc1C(C(=O)O)S(=O)(=O)O. The Labute approximate surface area is 103 Å². The van der Waals surface area contributed by atoms with Crippen LogP contribution in [0.4, 0.5) is 0 Å². The van der Waals surface area contributed by atoms with E-state index < -0.39 is 21.3 Å². The molecule has 0 amide bonds. The number of nitriles is 1. The molecule has 0 aliphatic heterocycles. The Morgan fingerprint density at radius 2 is 2.06 bits per heavy atom. The van der Waals surface area contributed by atoms with Gasteiger partial charge in [-0.15, -0.1) is 0 Å². The molecular formula is C10H9NO6S.